The van der Waals surface area contributed by atoms with E-state index in [9.17, 15) is 4.39 Å². The number of halogens is 2. The molecule has 2 N–H and O–H groups in total. The van der Waals surface area contributed by atoms with Gasteiger partial charge in [0.2, 0.25) is 0 Å². The summed E-state index contributed by atoms with van der Waals surface area (Å²) in [5.41, 5.74) is 8.51. The summed E-state index contributed by atoms with van der Waals surface area (Å²) in [7, 11) is 1.99. The van der Waals surface area contributed by atoms with E-state index < -0.39 is 0 Å². The predicted octanol–water partition coefficient (Wildman–Crippen LogP) is 3.69. The number of benzene rings is 2. The van der Waals surface area contributed by atoms with Crippen LogP contribution in [0.3, 0.4) is 0 Å². The van der Waals surface area contributed by atoms with Crippen molar-refractivity contribution in [3.63, 3.8) is 0 Å². The molecule has 0 unspecified atom stereocenters. The van der Waals surface area contributed by atoms with E-state index in [0.29, 0.717) is 17.3 Å². The Morgan fingerprint density at radius 2 is 1.79 bits per heavy atom. The molecular weight excluding hydrogens is 263 g/mol. The first-order valence-electron chi connectivity index (χ1n) is 6.01. The van der Waals surface area contributed by atoms with Gasteiger partial charge in [-0.05, 0) is 48.5 Å². The Labute approximate surface area is 117 Å². The lowest BCUT2D eigenvalue weighted by molar-refractivity contribution is 0.319. The molecule has 2 rings (SSSR count). The van der Waals surface area contributed by atoms with Crippen LogP contribution in [0.15, 0.2) is 42.5 Å². The minimum absolute atomic E-state index is 0.217. The molecule has 0 heterocycles. The minimum atomic E-state index is -0.217. The fraction of sp³-hybridized carbons (Fsp3) is 0.200. The first-order chi connectivity index (χ1) is 9.04. The molecule has 0 atom stereocenters. The third-order valence-corrected chi connectivity index (χ3v) is 3.24. The molecule has 0 saturated carbocycles. The fourth-order valence-corrected chi connectivity index (χ4v) is 2.14. The number of rotatable bonds is 4. The SMILES string of the molecule is CN(Cc1ccc(F)cc1)Cc1cc(N)ccc1Cl. The van der Waals surface area contributed by atoms with Gasteiger partial charge >= 0.3 is 0 Å². The van der Waals surface area contributed by atoms with Gasteiger partial charge in [-0.3, -0.25) is 4.90 Å². The molecule has 0 aliphatic carbocycles. The Morgan fingerprint density at radius 1 is 1.11 bits per heavy atom. The van der Waals surface area contributed by atoms with Crippen LogP contribution in [0, 0.1) is 5.82 Å². The Bertz CT molecular complexity index is 555. The highest BCUT2D eigenvalue weighted by molar-refractivity contribution is 6.31. The summed E-state index contributed by atoms with van der Waals surface area (Å²) in [5.74, 6) is -0.217. The second-order valence-electron chi connectivity index (χ2n) is 4.65. The van der Waals surface area contributed by atoms with E-state index in [1.165, 1.54) is 12.1 Å². The minimum Gasteiger partial charge on any atom is -0.399 e. The van der Waals surface area contributed by atoms with Gasteiger partial charge in [-0.25, -0.2) is 4.39 Å². The molecule has 0 aliphatic heterocycles. The van der Waals surface area contributed by atoms with Crippen molar-refractivity contribution in [2.24, 2.45) is 0 Å². The number of hydrogen-bond donors (Lipinski definition) is 1. The number of nitrogen functional groups attached to an aromatic ring is 1. The molecule has 0 bridgehead atoms. The second-order valence-corrected chi connectivity index (χ2v) is 5.06. The fourth-order valence-electron chi connectivity index (χ4n) is 1.96. The van der Waals surface area contributed by atoms with Gasteiger partial charge in [-0.2, -0.15) is 0 Å². The Balaban J connectivity index is 2.02. The topological polar surface area (TPSA) is 29.3 Å². The average Bonchev–Trinajstić information content (AvgIpc) is 2.37. The quantitative estimate of drug-likeness (QED) is 0.864. The molecule has 2 aromatic rings. The van der Waals surface area contributed by atoms with Crippen molar-refractivity contribution in [3.8, 4) is 0 Å². The average molecular weight is 279 g/mol. The number of nitrogens with zero attached hydrogens (tertiary/aromatic N) is 1. The van der Waals surface area contributed by atoms with Crippen LogP contribution in [0.1, 0.15) is 11.1 Å². The summed E-state index contributed by atoms with van der Waals surface area (Å²) in [6.45, 7) is 1.42. The van der Waals surface area contributed by atoms with Crippen molar-refractivity contribution < 1.29 is 4.39 Å². The third kappa shape index (κ3) is 3.94. The maximum atomic E-state index is 12.8. The van der Waals surface area contributed by atoms with Gasteiger partial charge in [-0.1, -0.05) is 23.7 Å². The molecule has 0 spiro atoms. The molecule has 0 saturated heterocycles. The Morgan fingerprint density at radius 3 is 2.47 bits per heavy atom. The molecule has 0 aliphatic rings. The van der Waals surface area contributed by atoms with Gasteiger partial charge in [0.25, 0.3) is 0 Å². The summed E-state index contributed by atoms with van der Waals surface area (Å²) in [4.78, 5) is 2.11. The number of hydrogen-bond acceptors (Lipinski definition) is 2. The van der Waals surface area contributed by atoms with Crippen molar-refractivity contribution in [1.29, 1.82) is 0 Å². The summed E-state index contributed by atoms with van der Waals surface area (Å²) >= 11 is 6.13. The zero-order valence-electron chi connectivity index (χ0n) is 10.7. The highest BCUT2D eigenvalue weighted by atomic mass is 35.5. The molecule has 19 heavy (non-hydrogen) atoms. The lowest BCUT2D eigenvalue weighted by Crippen LogP contribution is -2.17. The van der Waals surface area contributed by atoms with E-state index in [-0.39, 0.29) is 5.82 Å². The van der Waals surface area contributed by atoms with Crippen LogP contribution in [-0.2, 0) is 13.1 Å². The zero-order chi connectivity index (χ0) is 13.8. The van der Waals surface area contributed by atoms with Crippen LogP contribution >= 0.6 is 11.6 Å². The normalized spacial score (nSPS) is 10.9. The highest BCUT2D eigenvalue weighted by Gasteiger charge is 2.06. The predicted molar refractivity (Wildman–Crippen MR) is 77.4 cm³/mol. The molecule has 0 radical (unpaired) electrons. The van der Waals surface area contributed by atoms with Gasteiger partial charge in [0.05, 0.1) is 0 Å². The molecule has 100 valence electrons. The van der Waals surface area contributed by atoms with Crippen molar-refractivity contribution in [3.05, 3.63) is 64.4 Å². The van der Waals surface area contributed by atoms with Crippen LogP contribution in [0.2, 0.25) is 5.02 Å². The standard InChI is InChI=1S/C15H16ClFN2/c1-19(9-11-2-4-13(17)5-3-11)10-12-8-14(18)6-7-15(12)16/h2-8H,9-10,18H2,1H3. The number of nitrogens with two attached hydrogens (primary N) is 1. The Hall–Kier alpha value is -1.58. The maximum Gasteiger partial charge on any atom is 0.123 e. The second kappa shape index (κ2) is 6.04. The van der Waals surface area contributed by atoms with E-state index in [0.717, 1.165) is 17.7 Å². The van der Waals surface area contributed by atoms with Crippen molar-refractivity contribution in [1.82, 2.24) is 4.90 Å². The van der Waals surface area contributed by atoms with Crippen molar-refractivity contribution in [2.45, 2.75) is 13.1 Å². The van der Waals surface area contributed by atoms with Crippen molar-refractivity contribution >= 4 is 17.3 Å². The van der Waals surface area contributed by atoms with Gasteiger partial charge in [0, 0.05) is 23.8 Å². The molecule has 0 aromatic heterocycles. The number of anilines is 1. The van der Waals surface area contributed by atoms with Gasteiger partial charge in [0.15, 0.2) is 0 Å². The van der Waals surface area contributed by atoms with E-state index in [4.69, 9.17) is 17.3 Å². The maximum absolute atomic E-state index is 12.8. The summed E-state index contributed by atoms with van der Waals surface area (Å²) in [6.07, 6.45) is 0. The Kier molecular flexibility index (Phi) is 4.40. The van der Waals surface area contributed by atoms with Gasteiger partial charge in [0.1, 0.15) is 5.82 Å². The van der Waals surface area contributed by atoms with E-state index in [2.05, 4.69) is 4.90 Å². The van der Waals surface area contributed by atoms with Crippen LogP contribution in [0.4, 0.5) is 10.1 Å². The monoisotopic (exact) mass is 278 g/mol. The molecule has 0 amide bonds. The first kappa shape index (κ1) is 13.8. The molecule has 2 aromatic carbocycles. The van der Waals surface area contributed by atoms with E-state index >= 15 is 0 Å². The summed E-state index contributed by atoms with van der Waals surface area (Å²) in [5, 5.41) is 0.708. The van der Waals surface area contributed by atoms with E-state index in [1.807, 2.05) is 13.1 Å². The van der Waals surface area contributed by atoms with Crippen LogP contribution < -0.4 is 5.73 Å². The van der Waals surface area contributed by atoms with Crippen LogP contribution in [-0.4, -0.2) is 11.9 Å². The lowest BCUT2D eigenvalue weighted by atomic mass is 10.1. The van der Waals surface area contributed by atoms with Crippen LogP contribution in [0.25, 0.3) is 0 Å². The molecule has 4 heteroatoms. The van der Waals surface area contributed by atoms with Gasteiger partial charge < -0.3 is 5.73 Å². The molecular formula is C15H16ClFN2. The summed E-state index contributed by atoms with van der Waals surface area (Å²) in [6, 6.07) is 12.0. The first-order valence-corrected chi connectivity index (χ1v) is 6.39. The smallest absolute Gasteiger partial charge is 0.123 e. The third-order valence-electron chi connectivity index (χ3n) is 2.88. The highest BCUT2D eigenvalue weighted by Crippen LogP contribution is 2.20. The largest absolute Gasteiger partial charge is 0.399 e. The van der Waals surface area contributed by atoms with Crippen molar-refractivity contribution in [2.75, 3.05) is 12.8 Å². The lowest BCUT2D eigenvalue weighted by Gasteiger charge is -2.18. The molecule has 0 fully saturated rings. The van der Waals surface area contributed by atoms with Crippen LogP contribution in [0.5, 0.6) is 0 Å². The van der Waals surface area contributed by atoms with E-state index in [1.54, 1.807) is 24.3 Å². The summed E-state index contributed by atoms with van der Waals surface area (Å²) < 4.78 is 12.8. The van der Waals surface area contributed by atoms with Gasteiger partial charge in [-0.15, -0.1) is 0 Å². The zero-order valence-corrected chi connectivity index (χ0v) is 11.5. The molecule has 2 nitrogen and oxygen atoms in total.